The van der Waals surface area contributed by atoms with E-state index < -0.39 is 0 Å². The molecule has 0 fully saturated rings. The van der Waals surface area contributed by atoms with Crippen LogP contribution in [0.5, 0.6) is 0 Å². The van der Waals surface area contributed by atoms with Crippen LogP contribution >= 0.6 is 11.6 Å². The molecule has 1 aromatic heterocycles. The fraction of sp³-hybridized carbons (Fsp3) is 0.429. The molecule has 102 valence electrons. The van der Waals surface area contributed by atoms with Gasteiger partial charge in [-0.25, -0.2) is 4.98 Å². The summed E-state index contributed by atoms with van der Waals surface area (Å²) in [4.78, 5) is 4.29. The summed E-state index contributed by atoms with van der Waals surface area (Å²) >= 11 is 6.03. The molecule has 1 heterocycles. The van der Waals surface area contributed by atoms with Crippen molar-refractivity contribution in [2.75, 3.05) is 0 Å². The number of nitrogens with zero attached hydrogens (tertiary/aromatic N) is 3. The Morgan fingerprint density at radius 3 is 2.89 bits per heavy atom. The summed E-state index contributed by atoms with van der Waals surface area (Å²) < 4.78 is 1.92. The summed E-state index contributed by atoms with van der Waals surface area (Å²) in [5.41, 5.74) is 8.37. The highest BCUT2D eigenvalue weighted by atomic mass is 35.5. The van der Waals surface area contributed by atoms with E-state index >= 15 is 0 Å². The Hall–Kier alpha value is -1.39. The smallest absolute Gasteiger partial charge is 0.138 e. The topological polar surface area (TPSA) is 56.7 Å². The molecule has 1 unspecified atom stereocenters. The molecule has 0 saturated heterocycles. The fourth-order valence-corrected chi connectivity index (χ4v) is 2.18. The Labute approximate surface area is 118 Å². The Morgan fingerprint density at radius 2 is 2.21 bits per heavy atom. The van der Waals surface area contributed by atoms with Crippen LogP contribution in [0.3, 0.4) is 0 Å². The second-order valence-electron chi connectivity index (χ2n) is 4.72. The van der Waals surface area contributed by atoms with Crippen molar-refractivity contribution >= 4 is 11.6 Å². The van der Waals surface area contributed by atoms with Crippen molar-refractivity contribution in [2.45, 2.75) is 39.3 Å². The van der Waals surface area contributed by atoms with E-state index in [1.54, 1.807) is 6.33 Å². The number of halogens is 1. The molecule has 0 aliphatic heterocycles. The number of hydrogen-bond acceptors (Lipinski definition) is 3. The van der Waals surface area contributed by atoms with Gasteiger partial charge >= 0.3 is 0 Å². The average molecular weight is 279 g/mol. The highest BCUT2D eigenvalue weighted by Crippen LogP contribution is 2.21. The van der Waals surface area contributed by atoms with Crippen molar-refractivity contribution in [3.63, 3.8) is 0 Å². The van der Waals surface area contributed by atoms with Crippen LogP contribution in [0.25, 0.3) is 0 Å². The van der Waals surface area contributed by atoms with E-state index in [0.29, 0.717) is 6.42 Å². The molecule has 19 heavy (non-hydrogen) atoms. The van der Waals surface area contributed by atoms with Crippen LogP contribution in [0.15, 0.2) is 24.5 Å². The summed E-state index contributed by atoms with van der Waals surface area (Å²) in [6, 6.07) is 5.81. The lowest BCUT2D eigenvalue weighted by Gasteiger charge is -2.13. The summed E-state index contributed by atoms with van der Waals surface area (Å²) in [5.74, 6) is 0.932. The average Bonchev–Trinajstić information content (AvgIpc) is 2.80. The maximum absolute atomic E-state index is 6.25. The van der Waals surface area contributed by atoms with Gasteiger partial charge in [0.1, 0.15) is 12.2 Å². The summed E-state index contributed by atoms with van der Waals surface area (Å²) in [6.07, 6.45) is 3.30. The lowest BCUT2D eigenvalue weighted by molar-refractivity contribution is 0.548. The molecule has 2 aromatic rings. The third-order valence-electron chi connectivity index (χ3n) is 3.14. The Morgan fingerprint density at radius 1 is 1.42 bits per heavy atom. The first-order valence-electron chi connectivity index (χ1n) is 6.50. The molecule has 0 bridgehead atoms. The van der Waals surface area contributed by atoms with Gasteiger partial charge in [0.25, 0.3) is 0 Å². The summed E-state index contributed by atoms with van der Waals surface area (Å²) in [6.45, 7) is 4.98. The van der Waals surface area contributed by atoms with Crippen LogP contribution in [0.1, 0.15) is 36.3 Å². The van der Waals surface area contributed by atoms with Crippen molar-refractivity contribution in [1.82, 2.24) is 14.8 Å². The zero-order valence-electron chi connectivity index (χ0n) is 11.3. The van der Waals surface area contributed by atoms with Crippen LogP contribution in [0, 0.1) is 6.92 Å². The van der Waals surface area contributed by atoms with E-state index in [2.05, 4.69) is 17.0 Å². The first kappa shape index (κ1) is 14.0. The second-order valence-corrected chi connectivity index (χ2v) is 5.13. The Kier molecular flexibility index (Phi) is 4.56. The van der Waals surface area contributed by atoms with Crippen LogP contribution in [-0.2, 0) is 13.0 Å². The Balaban J connectivity index is 2.13. The first-order valence-corrected chi connectivity index (χ1v) is 6.88. The van der Waals surface area contributed by atoms with Crippen molar-refractivity contribution in [3.05, 3.63) is 46.5 Å². The minimum Gasteiger partial charge on any atom is -0.324 e. The minimum atomic E-state index is -0.0872. The minimum absolute atomic E-state index is 0.0872. The van der Waals surface area contributed by atoms with Crippen LogP contribution in [0.4, 0.5) is 0 Å². The number of aromatic nitrogens is 3. The lowest BCUT2D eigenvalue weighted by Crippen LogP contribution is -2.17. The molecular formula is C14H19ClN4. The van der Waals surface area contributed by atoms with Gasteiger partial charge < -0.3 is 5.73 Å². The van der Waals surface area contributed by atoms with Gasteiger partial charge in [0.2, 0.25) is 0 Å². The second kappa shape index (κ2) is 6.17. The fourth-order valence-electron chi connectivity index (χ4n) is 2.06. The highest BCUT2D eigenvalue weighted by Gasteiger charge is 2.12. The van der Waals surface area contributed by atoms with E-state index in [1.165, 1.54) is 0 Å². The number of aryl methyl sites for hydroxylation is 2. The molecule has 2 rings (SSSR count). The quantitative estimate of drug-likeness (QED) is 0.915. The predicted molar refractivity (Wildman–Crippen MR) is 77.1 cm³/mol. The number of rotatable bonds is 5. The first-order chi connectivity index (χ1) is 9.11. The van der Waals surface area contributed by atoms with E-state index in [-0.39, 0.29) is 6.04 Å². The molecule has 0 aliphatic carbocycles. The van der Waals surface area contributed by atoms with Gasteiger partial charge in [-0.05, 0) is 30.5 Å². The largest absolute Gasteiger partial charge is 0.324 e. The molecule has 4 nitrogen and oxygen atoms in total. The van der Waals surface area contributed by atoms with Crippen molar-refractivity contribution in [1.29, 1.82) is 0 Å². The Bertz CT molecular complexity index is 550. The predicted octanol–water partition coefficient (Wildman–Crippen LogP) is 2.89. The number of benzene rings is 1. The van der Waals surface area contributed by atoms with Crippen LogP contribution in [0.2, 0.25) is 5.02 Å². The van der Waals surface area contributed by atoms with Gasteiger partial charge in [0.05, 0.1) is 0 Å². The van der Waals surface area contributed by atoms with Crippen molar-refractivity contribution in [3.8, 4) is 0 Å². The lowest BCUT2D eigenvalue weighted by atomic mass is 10.0. The molecule has 2 N–H and O–H groups in total. The van der Waals surface area contributed by atoms with Gasteiger partial charge in [-0.1, -0.05) is 30.7 Å². The van der Waals surface area contributed by atoms with Gasteiger partial charge in [-0.15, -0.1) is 0 Å². The normalized spacial score (nSPS) is 12.6. The highest BCUT2D eigenvalue weighted by molar-refractivity contribution is 6.31. The molecule has 5 heteroatoms. The van der Waals surface area contributed by atoms with Gasteiger partial charge in [-0.3, -0.25) is 4.68 Å². The zero-order valence-corrected chi connectivity index (χ0v) is 12.1. The van der Waals surface area contributed by atoms with Crippen LogP contribution in [-0.4, -0.2) is 14.8 Å². The van der Waals surface area contributed by atoms with Crippen molar-refractivity contribution < 1.29 is 0 Å². The van der Waals surface area contributed by atoms with Gasteiger partial charge in [0, 0.05) is 24.0 Å². The van der Waals surface area contributed by atoms with E-state index in [0.717, 1.165) is 34.9 Å². The molecule has 0 aliphatic rings. The van der Waals surface area contributed by atoms with Gasteiger partial charge in [-0.2, -0.15) is 5.10 Å². The summed E-state index contributed by atoms with van der Waals surface area (Å²) in [5, 5.41) is 4.98. The van der Waals surface area contributed by atoms with Crippen molar-refractivity contribution in [2.24, 2.45) is 5.73 Å². The monoisotopic (exact) mass is 278 g/mol. The standard InChI is InChI=1S/C14H19ClN4/c1-3-6-19-14(17-9-18-19)8-13(16)11-4-5-12(15)10(2)7-11/h4-5,7,9,13H,3,6,8,16H2,1-2H3. The molecule has 0 radical (unpaired) electrons. The molecular weight excluding hydrogens is 260 g/mol. The summed E-state index contributed by atoms with van der Waals surface area (Å²) in [7, 11) is 0. The molecule has 0 amide bonds. The third-order valence-corrected chi connectivity index (χ3v) is 3.57. The van der Waals surface area contributed by atoms with Gasteiger partial charge in [0.15, 0.2) is 0 Å². The van der Waals surface area contributed by atoms with Crippen LogP contribution < -0.4 is 5.73 Å². The molecule has 1 atom stereocenters. The SMILES string of the molecule is CCCn1ncnc1CC(N)c1ccc(Cl)c(C)c1. The zero-order chi connectivity index (χ0) is 13.8. The van der Waals surface area contributed by atoms with E-state index in [9.17, 15) is 0 Å². The third kappa shape index (κ3) is 3.33. The molecule has 1 aromatic carbocycles. The maximum Gasteiger partial charge on any atom is 0.138 e. The van der Waals surface area contributed by atoms with E-state index in [4.69, 9.17) is 17.3 Å². The molecule has 0 spiro atoms. The number of hydrogen-bond donors (Lipinski definition) is 1. The number of nitrogens with two attached hydrogens (primary N) is 1. The van der Waals surface area contributed by atoms with E-state index in [1.807, 2.05) is 29.8 Å². The maximum atomic E-state index is 6.25. The molecule has 0 saturated carbocycles.